The molecule has 0 aliphatic rings. The number of amides is 1. The summed E-state index contributed by atoms with van der Waals surface area (Å²) in [5.41, 5.74) is 2.40. The lowest BCUT2D eigenvalue weighted by molar-refractivity contribution is -0.142. The maximum absolute atomic E-state index is 11.7. The van der Waals surface area contributed by atoms with E-state index in [-0.39, 0.29) is 6.61 Å². The zero-order chi connectivity index (χ0) is 16.7. The number of benzene rings is 2. The first-order valence-corrected chi connectivity index (χ1v) is 7.38. The highest BCUT2D eigenvalue weighted by Crippen LogP contribution is 2.16. The number of hydrogen-bond donors (Lipinski definition) is 1. The number of halogens is 1. The number of nitrogens with one attached hydrogen (secondary N) is 1. The third-order valence-electron chi connectivity index (χ3n) is 2.95. The second kappa shape index (κ2) is 8.15. The van der Waals surface area contributed by atoms with Crippen molar-refractivity contribution in [3.05, 3.63) is 70.8 Å². The number of hydrogen-bond acceptors (Lipinski definition) is 3. The molecule has 0 aromatic heterocycles. The summed E-state index contributed by atoms with van der Waals surface area (Å²) in [4.78, 5) is 23.3. The van der Waals surface area contributed by atoms with Crippen molar-refractivity contribution >= 4 is 35.2 Å². The SMILES string of the molecule is Cc1cccc(NC(=O)COC(=O)/C=C/c2ccccc2Cl)c1. The number of carbonyl (C=O) groups is 2. The van der Waals surface area contributed by atoms with Gasteiger partial charge in [0.15, 0.2) is 6.61 Å². The zero-order valence-electron chi connectivity index (χ0n) is 12.6. The molecule has 23 heavy (non-hydrogen) atoms. The Bertz CT molecular complexity index is 741. The van der Waals surface area contributed by atoms with Gasteiger partial charge in [-0.2, -0.15) is 0 Å². The van der Waals surface area contributed by atoms with Gasteiger partial charge in [0.25, 0.3) is 5.91 Å². The van der Waals surface area contributed by atoms with Crippen molar-refractivity contribution < 1.29 is 14.3 Å². The van der Waals surface area contributed by atoms with Gasteiger partial charge in [0, 0.05) is 16.8 Å². The highest BCUT2D eigenvalue weighted by Gasteiger charge is 2.06. The summed E-state index contributed by atoms with van der Waals surface area (Å²) in [7, 11) is 0. The summed E-state index contributed by atoms with van der Waals surface area (Å²) in [6, 6.07) is 14.5. The van der Waals surface area contributed by atoms with Gasteiger partial charge in [-0.25, -0.2) is 4.79 Å². The van der Waals surface area contributed by atoms with Crippen LogP contribution < -0.4 is 5.32 Å². The molecule has 0 aliphatic heterocycles. The van der Waals surface area contributed by atoms with Crippen molar-refractivity contribution in [2.24, 2.45) is 0 Å². The molecule has 0 bridgehead atoms. The Hall–Kier alpha value is -2.59. The van der Waals surface area contributed by atoms with E-state index in [0.29, 0.717) is 16.3 Å². The van der Waals surface area contributed by atoms with Crippen LogP contribution in [0.4, 0.5) is 5.69 Å². The lowest BCUT2D eigenvalue weighted by atomic mass is 10.2. The van der Waals surface area contributed by atoms with Crippen LogP contribution in [0.5, 0.6) is 0 Å². The first kappa shape index (κ1) is 16.8. The molecule has 0 saturated carbocycles. The first-order valence-electron chi connectivity index (χ1n) is 7.00. The fraction of sp³-hybridized carbons (Fsp3) is 0.111. The molecule has 2 rings (SSSR count). The minimum atomic E-state index is -0.607. The van der Waals surface area contributed by atoms with Gasteiger partial charge in [0.05, 0.1) is 0 Å². The van der Waals surface area contributed by atoms with E-state index in [9.17, 15) is 9.59 Å². The van der Waals surface area contributed by atoms with Crippen LogP contribution in [0.15, 0.2) is 54.6 Å². The second-order valence-electron chi connectivity index (χ2n) is 4.88. The summed E-state index contributed by atoms with van der Waals surface area (Å²) in [5, 5.41) is 3.20. The van der Waals surface area contributed by atoms with Crippen LogP contribution in [-0.2, 0) is 14.3 Å². The maximum atomic E-state index is 11.7. The average Bonchev–Trinajstić information content (AvgIpc) is 2.52. The van der Waals surface area contributed by atoms with E-state index in [0.717, 1.165) is 5.56 Å². The predicted molar refractivity (Wildman–Crippen MR) is 91.3 cm³/mol. The van der Waals surface area contributed by atoms with E-state index in [1.54, 1.807) is 30.3 Å². The van der Waals surface area contributed by atoms with Crippen LogP contribution in [0, 0.1) is 6.92 Å². The molecule has 0 aliphatic carbocycles. The van der Waals surface area contributed by atoms with Gasteiger partial charge >= 0.3 is 5.97 Å². The standard InChI is InChI=1S/C18H16ClNO3/c1-13-5-4-7-15(11-13)20-17(21)12-23-18(22)10-9-14-6-2-3-8-16(14)19/h2-11H,12H2,1H3,(H,20,21)/b10-9+. The highest BCUT2D eigenvalue weighted by atomic mass is 35.5. The average molecular weight is 330 g/mol. The monoisotopic (exact) mass is 329 g/mol. The van der Waals surface area contributed by atoms with E-state index < -0.39 is 11.9 Å². The quantitative estimate of drug-likeness (QED) is 0.669. The molecule has 0 unspecified atom stereocenters. The lowest BCUT2D eigenvalue weighted by Crippen LogP contribution is -2.20. The van der Waals surface area contributed by atoms with Gasteiger partial charge in [-0.05, 0) is 42.3 Å². The molecule has 0 saturated heterocycles. The molecule has 1 amide bonds. The van der Waals surface area contributed by atoms with Crippen molar-refractivity contribution in [1.29, 1.82) is 0 Å². The molecular weight excluding hydrogens is 314 g/mol. The largest absolute Gasteiger partial charge is 0.452 e. The van der Waals surface area contributed by atoms with Gasteiger partial charge in [0.1, 0.15) is 0 Å². The lowest BCUT2D eigenvalue weighted by Gasteiger charge is -2.06. The molecule has 0 atom stereocenters. The minimum absolute atomic E-state index is 0.348. The first-order chi connectivity index (χ1) is 11.0. The third-order valence-corrected chi connectivity index (χ3v) is 3.30. The Labute approximate surface area is 139 Å². The van der Waals surface area contributed by atoms with E-state index >= 15 is 0 Å². The fourth-order valence-electron chi connectivity index (χ4n) is 1.87. The third kappa shape index (κ3) is 5.60. The number of carbonyl (C=O) groups excluding carboxylic acids is 2. The van der Waals surface area contributed by atoms with E-state index in [4.69, 9.17) is 16.3 Å². The molecule has 0 radical (unpaired) electrons. The van der Waals surface area contributed by atoms with Gasteiger partial charge in [-0.3, -0.25) is 4.79 Å². The Morgan fingerprint density at radius 1 is 1.17 bits per heavy atom. The molecule has 0 heterocycles. The van der Waals surface area contributed by atoms with Crippen LogP contribution in [0.25, 0.3) is 6.08 Å². The number of aryl methyl sites for hydroxylation is 1. The van der Waals surface area contributed by atoms with Crippen molar-refractivity contribution in [3.63, 3.8) is 0 Å². The summed E-state index contributed by atoms with van der Waals surface area (Å²) in [6.07, 6.45) is 2.78. The van der Waals surface area contributed by atoms with Crippen molar-refractivity contribution in [2.45, 2.75) is 6.92 Å². The van der Waals surface area contributed by atoms with E-state index in [1.165, 1.54) is 6.08 Å². The van der Waals surface area contributed by atoms with Gasteiger partial charge in [-0.1, -0.05) is 41.9 Å². The zero-order valence-corrected chi connectivity index (χ0v) is 13.3. The van der Waals surface area contributed by atoms with Crippen LogP contribution in [0.3, 0.4) is 0 Å². The maximum Gasteiger partial charge on any atom is 0.331 e. The van der Waals surface area contributed by atoms with Crippen molar-refractivity contribution in [1.82, 2.24) is 0 Å². The van der Waals surface area contributed by atoms with Crippen molar-refractivity contribution in [3.8, 4) is 0 Å². The van der Waals surface area contributed by atoms with Crippen molar-refractivity contribution in [2.75, 3.05) is 11.9 Å². The predicted octanol–water partition coefficient (Wildman–Crippen LogP) is 3.84. The molecular formula is C18H16ClNO3. The van der Waals surface area contributed by atoms with Gasteiger partial charge < -0.3 is 10.1 Å². The second-order valence-corrected chi connectivity index (χ2v) is 5.29. The highest BCUT2D eigenvalue weighted by molar-refractivity contribution is 6.32. The molecule has 5 heteroatoms. The molecule has 1 N–H and O–H groups in total. The molecule has 4 nitrogen and oxygen atoms in total. The normalized spacial score (nSPS) is 10.5. The fourth-order valence-corrected chi connectivity index (χ4v) is 2.07. The number of anilines is 1. The van der Waals surface area contributed by atoms with Crippen LogP contribution in [-0.4, -0.2) is 18.5 Å². The van der Waals surface area contributed by atoms with Gasteiger partial charge in [-0.15, -0.1) is 0 Å². The topological polar surface area (TPSA) is 55.4 Å². The number of esters is 1. The summed E-state index contributed by atoms with van der Waals surface area (Å²) < 4.78 is 4.89. The Morgan fingerprint density at radius 2 is 1.96 bits per heavy atom. The summed E-state index contributed by atoms with van der Waals surface area (Å²) >= 11 is 5.97. The molecule has 118 valence electrons. The van der Waals surface area contributed by atoms with Gasteiger partial charge in [0.2, 0.25) is 0 Å². The molecule has 2 aromatic rings. The number of rotatable bonds is 5. The molecule has 0 spiro atoms. The number of ether oxygens (including phenoxy) is 1. The van der Waals surface area contributed by atoms with Crippen LogP contribution in [0.1, 0.15) is 11.1 Å². The Balaban J connectivity index is 1.82. The van der Waals surface area contributed by atoms with E-state index in [1.807, 2.05) is 31.2 Å². The Kier molecular flexibility index (Phi) is 5.94. The smallest absolute Gasteiger partial charge is 0.331 e. The minimum Gasteiger partial charge on any atom is -0.452 e. The Morgan fingerprint density at radius 3 is 2.70 bits per heavy atom. The molecule has 2 aromatic carbocycles. The molecule has 0 fully saturated rings. The summed E-state index contributed by atoms with van der Waals surface area (Å²) in [6.45, 7) is 1.58. The van der Waals surface area contributed by atoms with Crippen LogP contribution >= 0.6 is 11.6 Å². The van der Waals surface area contributed by atoms with E-state index in [2.05, 4.69) is 5.32 Å². The van der Waals surface area contributed by atoms with Crippen LogP contribution in [0.2, 0.25) is 5.02 Å². The summed E-state index contributed by atoms with van der Waals surface area (Å²) in [5.74, 6) is -1.00.